The Balaban J connectivity index is -0.00000000533. The largest absolute Gasteiger partial charge is 0.466 e. The smallest absolute Gasteiger partial charge is 0.412 e. The molecule has 0 aromatic heterocycles. The molecule has 9 nitrogen and oxygen atoms in total. The average molecular weight is 328 g/mol. The maximum atomic E-state index is 8.88. The predicted octanol–water partition coefficient (Wildman–Crippen LogP) is -5.05. The zero-order valence-electron chi connectivity index (χ0n) is 5.20. The Morgan fingerprint density at radius 2 is 0.727 bits per heavy atom. The van der Waals surface area contributed by atoms with Crippen LogP contribution in [-0.4, -0.2) is 42.1 Å². The molecule has 0 fully saturated rings. The molecular weight excluding hydrogens is 315 g/mol. The quantitative estimate of drug-likeness (QED) is 0.370. The molecule has 0 aliphatic carbocycles. The summed E-state index contributed by atoms with van der Waals surface area (Å²) in [6, 6.07) is 0. The molecule has 11 heteroatoms. The fourth-order valence-corrected chi connectivity index (χ4v) is 0. The molecule has 0 amide bonds. The van der Waals surface area contributed by atoms with Crippen molar-refractivity contribution in [1.82, 2.24) is 0 Å². The van der Waals surface area contributed by atoms with E-state index in [0.29, 0.717) is 0 Å². The molecule has 13 N–H and O–H groups in total. The molecular formula is H13CeO9P. The van der Waals surface area contributed by atoms with Gasteiger partial charge >= 0.3 is 7.82 Å². The fourth-order valence-electron chi connectivity index (χ4n) is 0. The van der Waals surface area contributed by atoms with Crippen molar-refractivity contribution in [3.63, 3.8) is 0 Å². The van der Waals surface area contributed by atoms with E-state index in [1.165, 1.54) is 0 Å². The Morgan fingerprint density at radius 3 is 0.727 bits per heavy atom. The van der Waals surface area contributed by atoms with Crippen molar-refractivity contribution >= 4 is 7.82 Å². The van der Waals surface area contributed by atoms with E-state index in [-0.39, 0.29) is 69.1 Å². The normalized spacial score (nSPS) is 5.36. The van der Waals surface area contributed by atoms with Gasteiger partial charge in [-0.05, 0) is 0 Å². The SMILES string of the molecule is O.O.O.O.O.O=P(O)(O)O.[Ce]. The number of phosphoric acid groups is 1. The third kappa shape index (κ3) is 588. The molecule has 0 bridgehead atoms. The summed E-state index contributed by atoms with van der Waals surface area (Å²) in [5.41, 5.74) is 0. The second kappa shape index (κ2) is 22.5. The standard InChI is InChI=1S/Ce.H3O4P.5H2O/c;1-5(2,3)4;;;;;/h;(H3,1,2,3,4);5*1H2. The van der Waals surface area contributed by atoms with Crippen molar-refractivity contribution in [3.8, 4) is 0 Å². The average Bonchev–Trinajstić information content (AvgIpc) is 0.722. The third-order valence-corrected chi connectivity index (χ3v) is 0. The Bertz CT molecular complexity index is 55.7. The van der Waals surface area contributed by atoms with Crippen LogP contribution in [0.2, 0.25) is 0 Å². The van der Waals surface area contributed by atoms with Crippen LogP contribution in [0.15, 0.2) is 0 Å². The summed E-state index contributed by atoms with van der Waals surface area (Å²) in [4.78, 5) is 21.6. The number of hydrogen-bond acceptors (Lipinski definition) is 1. The maximum absolute atomic E-state index is 8.88. The molecule has 0 aliphatic rings. The summed E-state index contributed by atoms with van der Waals surface area (Å²) in [6.45, 7) is 0. The van der Waals surface area contributed by atoms with Crippen molar-refractivity contribution in [3.05, 3.63) is 0 Å². The molecule has 0 atom stereocenters. The van der Waals surface area contributed by atoms with Crippen LogP contribution in [0.5, 0.6) is 0 Å². The number of hydrogen-bond donors (Lipinski definition) is 3. The van der Waals surface area contributed by atoms with E-state index >= 15 is 0 Å². The zero-order chi connectivity index (χ0) is 4.50. The minimum atomic E-state index is -4.64. The van der Waals surface area contributed by atoms with Crippen LogP contribution in [0.1, 0.15) is 0 Å². The first-order valence-electron chi connectivity index (χ1n) is 0.783. The Morgan fingerprint density at radius 1 is 0.727 bits per heavy atom. The maximum Gasteiger partial charge on any atom is 0.466 e. The minimum absolute atomic E-state index is 0. The van der Waals surface area contributed by atoms with Crippen LogP contribution < -0.4 is 0 Å². The van der Waals surface area contributed by atoms with E-state index in [4.69, 9.17) is 19.2 Å². The summed E-state index contributed by atoms with van der Waals surface area (Å²) in [5.74, 6) is 0. The summed E-state index contributed by atoms with van der Waals surface area (Å²) >= 11 is 0. The van der Waals surface area contributed by atoms with Gasteiger partial charge in [-0.3, -0.25) is 0 Å². The summed E-state index contributed by atoms with van der Waals surface area (Å²) in [5, 5.41) is 0. The van der Waals surface area contributed by atoms with E-state index in [1.807, 2.05) is 0 Å². The molecule has 76 valence electrons. The topological polar surface area (TPSA) is 235 Å². The molecule has 0 saturated carbocycles. The molecule has 0 saturated heterocycles. The van der Waals surface area contributed by atoms with Gasteiger partial charge in [0.1, 0.15) is 0 Å². The van der Waals surface area contributed by atoms with Crippen molar-refractivity contribution in [2.24, 2.45) is 0 Å². The molecule has 0 spiro atoms. The van der Waals surface area contributed by atoms with Gasteiger partial charge in [0.25, 0.3) is 0 Å². The van der Waals surface area contributed by atoms with Gasteiger partial charge in [-0.1, -0.05) is 0 Å². The van der Waals surface area contributed by atoms with Gasteiger partial charge in [-0.15, -0.1) is 0 Å². The summed E-state index contributed by atoms with van der Waals surface area (Å²) < 4.78 is 8.88. The molecule has 0 heterocycles. The van der Waals surface area contributed by atoms with Crippen molar-refractivity contribution in [1.29, 1.82) is 0 Å². The molecule has 0 aliphatic heterocycles. The van der Waals surface area contributed by atoms with Crippen molar-refractivity contribution < 1.29 is 88.4 Å². The summed E-state index contributed by atoms with van der Waals surface area (Å²) in [7, 11) is -4.64. The fraction of sp³-hybridized carbons (Fsp3) is 0. The van der Waals surface area contributed by atoms with Gasteiger partial charge in [0, 0.05) is 41.7 Å². The third-order valence-electron chi connectivity index (χ3n) is 0. The van der Waals surface area contributed by atoms with Gasteiger partial charge in [0.15, 0.2) is 0 Å². The Kier molecular flexibility index (Phi) is 115. The van der Waals surface area contributed by atoms with E-state index in [9.17, 15) is 0 Å². The molecule has 11 heavy (non-hydrogen) atoms. The van der Waals surface area contributed by atoms with Crippen LogP contribution in [0.25, 0.3) is 0 Å². The van der Waals surface area contributed by atoms with Crippen molar-refractivity contribution in [2.75, 3.05) is 0 Å². The van der Waals surface area contributed by atoms with E-state index < -0.39 is 7.82 Å². The first kappa shape index (κ1) is 56.0. The van der Waals surface area contributed by atoms with Crippen LogP contribution in [-0.2, 0) is 4.57 Å². The van der Waals surface area contributed by atoms with Gasteiger partial charge in [0.05, 0.1) is 0 Å². The first-order chi connectivity index (χ1) is 2.00. The van der Waals surface area contributed by atoms with Gasteiger partial charge in [-0.25, -0.2) is 4.57 Å². The molecule has 0 aromatic carbocycles. The zero-order valence-corrected chi connectivity index (χ0v) is 9.23. The molecule has 0 aromatic rings. The second-order valence-corrected chi connectivity index (χ2v) is 1.54. The van der Waals surface area contributed by atoms with E-state index in [2.05, 4.69) is 0 Å². The monoisotopic (exact) mass is 328 g/mol. The molecule has 0 unspecified atom stereocenters. The Labute approximate surface area is 95.6 Å². The van der Waals surface area contributed by atoms with Gasteiger partial charge in [-0.2, -0.15) is 0 Å². The molecule has 0 radical (unpaired) electrons. The predicted molar refractivity (Wildman–Crippen MR) is 32.3 cm³/mol. The summed E-state index contributed by atoms with van der Waals surface area (Å²) in [6.07, 6.45) is 0. The molecule has 0 rings (SSSR count). The minimum Gasteiger partial charge on any atom is -0.412 e. The van der Waals surface area contributed by atoms with Crippen LogP contribution in [0, 0.1) is 41.7 Å². The van der Waals surface area contributed by atoms with Crippen LogP contribution in [0.3, 0.4) is 0 Å². The van der Waals surface area contributed by atoms with Crippen LogP contribution in [0.4, 0.5) is 0 Å². The van der Waals surface area contributed by atoms with Crippen LogP contribution >= 0.6 is 7.82 Å². The van der Waals surface area contributed by atoms with E-state index in [1.54, 1.807) is 0 Å². The second-order valence-electron chi connectivity index (χ2n) is 0.513. The number of rotatable bonds is 0. The van der Waals surface area contributed by atoms with Gasteiger partial charge < -0.3 is 42.1 Å². The van der Waals surface area contributed by atoms with E-state index in [0.717, 1.165) is 0 Å². The first-order valence-corrected chi connectivity index (χ1v) is 2.35. The van der Waals surface area contributed by atoms with Gasteiger partial charge in [0.2, 0.25) is 0 Å². The Hall–Kier alpha value is 1.29. The van der Waals surface area contributed by atoms with Crippen molar-refractivity contribution in [2.45, 2.75) is 0 Å².